The van der Waals surface area contributed by atoms with Crippen molar-refractivity contribution in [2.45, 2.75) is 12.8 Å². The highest BCUT2D eigenvalue weighted by molar-refractivity contribution is 7.71. The van der Waals surface area contributed by atoms with Crippen LogP contribution in [0.4, 0.5) is 13.2 Å². The maximum absolute atomic E-state index is 13.0. The molecule has 148 valence electrons. The molecule has 0 fully saturated rings. The van der Waals surface area contributed by atoms with E-state index in [0.29, 0.717) is 11.6 Å². The zero-order valence-electron chi connectivity index (χ0n) is 14.6. The predicted molar refractivity (Wildman–Crippen MR) is 103 cm³/mol. The van der Waals surface area contributed by atoms with E-state index >= 15 is 0 Å². The molecule has 11 heteroatoms. The number of rotatable bonds is 5. The molecule has 0 saturated carbocycles. The van der Waals surface area contributed by atoms with Gasteiger partial charge in [0.1, 0.15) is 18.1 Å². The van der Waals surface area contributed by atoms with E-state index in [1.165, 1.54) is 28.2 Å². The van der Waals surface area contributed by atoms with E-state index < -0.39 is 11.7 Å². The van der Waals surface area contributed by atoms with Crippen molar-refractivity contribution in [3.05, 3.63) is 70.1 Å². The number of H-pyrrole nitrogens is 1. The summed E-state index contributed by atoms with van der Waals surface area (Å²) in [4.78, 5) is 0. The van der Waals surface area contributed by atoms with Crippen molar-refractivity contribution in [3.8, 4) is 22.7 Å². The Balaban J connectivity index is 1.55. The average Bonchev–Trinajstić information content (AvgIpc) is 3.36. The Morgan fingerprint density at radius 2 is 1.93 bits per heavy atom. The summed E-state index contributed by atoms with van der Waals surface area (Å²) in [6, 6.07) is 12.1. The van der Waals surface area contributed by atoms with Crippen molar-refractivity contribution in [1.82, 2.24) is 24.4 Å². The van der Waals surface area contributed by atoms with Gasteiger partial charge in [0.15, 0.2) is 10.6 Å². The molecular formula is C18H12F3N5OS2. The summed E-state index contributed by atoms with van der Waals surface area (Å²) in [6.07, 6.45) is -4.45. The summed E-state index contributed by atoms with van der Waals surface area (Å²) in [5, 5.41) is 12.5. The van der Waals surface area contributed by atoms with E-state index in [2.05, 4.69) is 19.8 Å². The minimum absolute atomic E-state index is 0.0149. The van der Waals surface area contributed by atoms with Gasteiger partial charge in [0.2, 0.25) is 0 Å². The molecule has 0 amide bonds. The van der Waals surface area contributed by atoms with Crippen LogP contribution >= 0.6 is 23.8 Å². The highest BCUT2D eigenvalue weighted by atomic mass is 32.1. The minimum atomic E-state index is -4.45. The number of nitrogens with one attached hydrogen (secondary N) is 1. The molecule has 0 aliphatic carbocycles. The number of ether oxygens (including phenoxy) is 1. The second-order valence-corrected chi connectivity index (χ2v) is 6.93. The van der Waals surface area contributed by atoms with E-state index in [1.807, 2.05) is 17.5 Å². The molecule has 0 atom stereocenters. The number of halogens is 3. The number of hydrogen-bond acceptors (Lipinski definition) is 6. The van der Waals surface area contributed by atoms with Crippen LogP contribution in [0.15, 0.2) is 53.9 Å². The maximum atomic E-state index is 13.0. The zero-order valence-corrected chi connectivity index (χ0v) is 16.2. The molecule has 2 aromatic carbocycles. The lowest BCUT2D eigenvalue weighted by molar-refractivity contribution is -0.137. The molecule has 0 aliphatic rings. The highest BCUT2D eigenvalue weighted by Gasteiger charge is 2.30. The van der Waals surface area contributed by atoms with Crippen LogP contribution in [0.1, 0.15) is 11.4 Å². The van der Waals surface area contributed by atoms with Gasteiger partial charge in [0.25, 0.3) is 0 Å². The van der Waals surface area contributed by atoms with Gasteiger partial charge in [-0.1, -0.05) is 10.6 Å². The van der Waals surface area contributed by atoms with Crippen molar-refractivity contribution in [1.29, 1.82) is 0 Å². The van der Waals surface area contributed by atoms with E-state index in [-0.39, 0.29) is 17.1 Å². The van der Waals surface area contributed by atoms with Crippen LogP contribution in [-0.4, -0.2) is 24.4 Å². The third kappa shape index (κ3) is 4.20. The van der Waals surface area contributed by atoms with Gasteiger partial charge in [-0.2, -0.15) is 18.3 Å². The van der Waals surface area contributed by atoms with Gasteiger partial charge in [-0.25, -0.2) is 0 Å². The summed E-state index contributed by atoms with van der Waals surface area (Å²) in [6.45, 7) is 0.0149. The second kappa shape index (κ2) is 7.76. The van der Waals surface area contributed by atoms with Gasteiger partial charge in [0.05, 0.1) is 11.3 Å². The molecule has 1 N–H and O–H groups in total. The van der Waals surface area contributed by atoms with Gasteiger partial charge in [0, 0.05) is 10.9 Å². The van der Waals surface area contributed by atoms with Crippen molar-refractivity contribution >= 4 is 23.8 Å². The molecule has 0 aliphatic heterocycles. The standard InChI is InChI=1S/C18H12F3N5OS2/c19-18(20,21)12-2-1-3-13(8-12)26-16(23-24-17(26)28)9-27-14-6-4-11(5-7-14)15-10-29-25-22-15/h1-8,10H,9H2,(H,24,28). The number of hydrogen-bond donors (Lipinski definition) is 1. The number of alkyl halides is 3. The Hall–Kier alpha value is -3.05. The summed E-state index contributed by atoms with van der Waals surface area (Å²) >= 11 is 6.44. The van der Waals surface area contributed by atoms with Crippen molar-refractivity contribution in [2.24, 2.45) is 0 Å². The topological polar surface area (TPSA) is 68.6 Å². The third-order valence-electron chi connectivity index (χ3n) is 4.05. The predicted octanol–water partition coefficient (Wildman–Crippen LogP) is 5.05. The van der Waals surface area contributed by atoms with E-state index in [4.69, 9.17) is 17.0 Å². The Bertz CT molecular complexity index is 1170. The highest BCUT2D eigenvalue weighted by Crippen LogP contribution is 2.30. The molecule has 0 saturated heterocycles. The molecule has 0 radical (unpaired) electrons. The molecule has 29 heavy (non-hydrogen) atoms. The van der Waals surface area contributed by atoms with Gasteiger partial charge >= 0.3 is 6.18 Å². The normalized spacial score (nSPS) is 11.6. The number of aromatic amines is 1. The lowest BCUT2D eigenvalue weighted by Crippen LogP contribution is -2.09. The van der Waals surface area contributed by atoms with E-state index in [1.54, 1.807) is 12.1 Å². The fourth-order valence-electron chi connectivity index (χ4n) is 2.67. The van der Waals surface area contributed by atoms with Crippen LogP contribution in [0.25, 0.3) is 16.9 Å². The van der Waals surface area contributed by atoms with Crippen LogP contribution in [-0.2, 0) is 12.8 Å². The molecule has 0 unspecified atom stereocenters. The lowest BCUT2D eigenvalue weighted by atomic mass is 10.2. The molecule has 6 nitrogen and oxygen atoms in total. The average molecular weight is 435 g/mol. The van der Waals surface area contributed by atoms with Crippen LogP contribution in [0, 0.1) is 4.77 Å². The number of aromatic nitrogens is 5. The summed E-state index contributed by atoms with van der Waals surface area (Å²) in [7, 11) is 0. The molecule has 4 rings (SSSR count). The van der Waals surface area contributed by atoms with Gasteiger partial charge < -0.3 is 4.74 Å². The van der Waals surface area contributed by atoms with E-state index in [9.17, 15) is 13.2 Å². The van der Waals surface area contributed by atoms with Crippen molar-refractivity contribution < 1.29 is 17.9 Å². The Labute approximate surface area is 171 Å². The first-order valence-electron chi connectivity index (χ1n) is 8.26. The minimum Gasteiger partial charge on any atom is -0.486 e. The van der Waals surface area contributed by atoms with Crippen LogP contribution in [0.2, 0.25) is 0 Å². The summed E-state index contributed by atoms with van der Waals surface area (Å²) in [5.74, 6) is 0.920. The first-order valence-corrected chi connectivity index (χ1v) is 9.50. The van der Waals surface area contributed by atoms with Gasteiger partial charge in [-0.15, -0.1) is 5.10 Å². The first-order chi connectivity index (χ1) is 13.9. The quantitative estimate of drug-likeness (QED) is 0.445. The number of benzene rings is 2. The van der Waals surface area contributed by atoms with Gasteiger partial charge in [-0.3, -0.25) is 9.67 Å². The fourth-order valence-corrected chi connectivity index (χ4v) is 3.40. The second-order valence-electron chi connectivity index (χ2n) is 5.93. The van der Waals surface area contributed by atoms with Gasteiger partial charge in [-0.05, 0) is 66.2 Å². The van der Waals surface area contributed by atoms with Crippen molar-refractivity contribution in [2.75, 3.05) is 0 Å². The molecule has 0 spiro atoms. The SMILES string of the molecule is FC(F)(F)c1cccc(-n2c(COc3ccc(-c4csnn4)cc3)n[nH]c2=S)c1. The summed E-state index contributed by atoms with van der Waals surface area (Å²) < 4.78 is 50.2. The molecule has 2 aromatic heterocycles. The van der Waals surface area contributed by atoms with Crippen LogP contribution in [0.3, 0.4) is 0 Å². The molecular weight excluding hydrogens is 423 g/mol. The Kier molecular flexibility index (Phi) is 5.16. The zero-order chi connectivity index (χ0) is 20.4. The maximum Gasteiger partial charge on any atom is 0.416 e. The molecule has 0 bridgehead atoms. The molecule has 2 heterocycles. The fraction of sp³-hybridized carbons (Fsp3) is 0.111. The van der Waals surface area contributed by atoms with Crippen LogP contribution < -0.4 is 4.74 Å². The number of nitrogens with zero attached hydrogens (tertiary/aromatic N) is 4. The first kappa shape index (κ1) is 19.3. The smallest absolute Gasteiger partial charge is 0.416 e. The van der Waals surface area contributed by atoms with Crippen molar-refractivity contribution in [3.63, 3.8) is 0 Å². The third-order valence-corrected chi connectivity index (χ3v) is 4.83. The Morgan fingerprint density at radius 3 is 2.62 bits per heavy atom. The largest absolute Gasteiger partial charge is 0.486 e. The monoisotopic (exact) mass is 435 g/mol. The Morgan fingerprint density at radius 1 is 1.14 bits per heavy atom. The van der Waals surface area contributed by atoms with E-state index in [0.717, 1.165) is 23.4 Å². The van der Waals surface area contributed by atoms with Crippen LogP contribution in [0.5, 0.6) is 5.75 Å². The lowest BCUT2D eigenvalue weighted by Gasteiger charge is -2.11. The molecule has 4 aromatic rings. The summed E-state index contributed by atoms with van der Waals surface area (Å²) in [5.41, 5.74) is 1.16.